The van der Waals surface area contributed by atoms with Crippen molar-refractivity contribution in [3.8, 4) is 23.0 Å². The number of rotatable bonds is 14. The normalized spacial score (nSPS) is 11.9. The molecule has 14 heteroatoms. The van der Waals surface area contributed by atoms with Gasteiger partial charge in [0, 0.05) is 41.9 Å². The number of nitrogens with zero attached hydrogens (tertiary/aromatic N) is 5. The Kier molecular flexibility index (Phi) is 10.8. The molecule has 0 fully saturated rings. The number of anilines is 2. The molecule has 5 aromatic rings. The van der Waals surface area contributed by atoms with Crippen LogP contribution in [0.1, 0.15) is 32.8 Å². The maximum absolute atomic E-state index is 15.0. The molecule has 0 aliphatic rings. The molecule has 1 atom stereocenters. The van der Waals surface area contributed by atoms with Crippen LogP contribution in [-0.4, -0.2) is 56.6 Å². The quantitative estimate of drug-likeness (QED) is 0.103. The molecule has 0 radical (unpaired) electrons. The van der Waals surface area contributed by atoms with E-state index in [0.717, 1.165) is 12.1 Å². The van der Waals surface area contributed by atoms with Gasteiger partial charge < -0.3 is 25.3 Å². The highest BCUT2D eigenvalue weighted by atomic mass is 35.5. The van der Waals surface area contributed by atoms with Crippen molar-refractivity contribution in [2.24, 2.45) is 11.7 Å². The molecular formula is C33H34ClF2N7O4. The van der Waals surface area contributed by atoms with Gasteiger partial charge in [-0.25, -0.2) is 18.7 Å². The minimum atomic E-state index is -0.745. The fourth-order valence-corrected chi connectivity index (χ4v) is 4.78. The van der Waals surface area contributed by atoms with Crippen LogP contribution in [0.25, 0.3) is 22.4 Å². The van der Waals surface area contributed by atoms with Gasteiger partial charge in [-0.15, -0.1) is 0 Å². The van der Waals surface area contributed by atoms with Gasteiger partial charge in [-0.2, -0.15) is 5.10 Å². The Morgan fingerprint density at radius 1 is 1.09 bits per heavy atom. The van der Waals surface area contributed by atoms with E-state index in [1.807, 2.05) is 26.0 Å². The van der Waals surface area contributed by atoms with Crippen molar-refractivity contribution in [3.63, 3.8) is 0 Å². The van der Waals surface area contributed by atoms with E-state index in [1.165, 1.54) is 17.1 Å². The summed E-state index contributed by atoms with van der Waals surface area (Å²) in [6.45, 7) is 5.82. The standard InChI is InChI=1S/C33H34ClF2N7O4/c1-4-45-20-14-24(35)22(25(36)15-20)18-43-27-9-6-5-8-21(27)30(42-43)32-39-17-28(31(41-32)40-26-10-11-38-16-23(26)34)46-12-7-13-47-33(44)29(37)19(2)3/h5-6,8-11,14-17,19,29H,4,7,12-13,18,37H2,1-3H3,(H,38,39,40,41). The van der Waals surface area contributed by atoms with Crippen LogP contribution in [0.5, 0.6) is 11.5 Å². The summed E-state index contributed by atoms with van der Waals surface area (Å²) in [6, 6.07) is 10.5. The van der Waals surface area contributed by atoms with Gasteiger partial charge in [-0.3, -0.25) is 14.5 Å². The SMILES string of the molecule is CCOc1cc(F)c(Cn2nc(-c3ncc(OCCCOC(=O)C(N)C(C)C)c(Nc4ccncc4Cl)n3)c3ccccc32)c(F)c1. The number of esters is 1. The Labute approximate surface area is 275 Å². The molecule has 0 saturated carbocycles. The number of hydrogen-bond donors (Lipinski definition) is 2. The van der Waals surface area contributed by atoms with Crippen LogP contribution < -0.4 is 20.5 Å². The number of ether oxygens (including phenoxy) is 3. The van der Waals surface area contributed by atoms with Gasteiger partial charge in [0.05, 0.1) is 48.8 Å². The third-order valence-corrected chi connectivity index (χ3v) is 7.47. The average Bonchev–Trinajstić information content (AvgIpc) is 3.42. The molecule has 0 saturated heterocycles. The number of halogens is 3. The minimum Gasteiger partial charge on any atom is -0.494 e. The maximum atomic E-state index is 15.0. The largest absolute Gasteiger partial charge is 0.494 e. The lowest BCUT2D eigenvalue weighted by atomic mass is 10.1. The molecule has 5 rings (SSSR count). The van der Waals surface area contributed by atoms with E-state index in [0.29, 0.717) is 39.5 Å². The first kappa shape index (κ1) is 33.5. The number of nitrogens with one attached hydrogen (secondary N) is 1. The van der Waals surface area contributed by atoms with Gasteiger partial charge in [0.15, 0.2) is 17.4 Å². The lowest BCUT2D eigenvalue weighted by molar-refractivity contribution is -0.146. The summed E-state index contributed by atoms with van der Waals surface area (Å²) >= 11 is 6.36. The van der Waals surface area contributed by atoms with Crippen LogP contribution >= 0.6 is 11.6 Å². The maximum Gasteiger partial charge on any atom is 0.323 e. The Bertz CT molecular complexity index is 1850. The van der Waals surface area contributed by atoms with E-state index in [9.17, 15) is 13.6 Å². The van der Waals surface area contributed by atoms with E-state index < -0.39 is 23.6 Å². The summed E-state index contributed by atoms with van der Waals surface area (Å²) in [5.74, 6) is -1.08. The summed E-state index contributed by atoms with van der Waals surface area (Å²) in [7, 11) is 0. The van der Waals surface area contributed by atoms with E-state index >= 15 is 0 Å². The first-order valence-electron chi connectivity index (χ1n) is 15.0. The highest BCUT2D eigenvalue weighted by Crippen LogP contribution is 2.33. The zero-order valence-corrected chi connectivity index (χ0v) is 26.8. The van der Waals surface area contributed by atoms with Crippen molar-refractivity contribution >= 4 is 40.0 Å². The van der Waals surface area contributed by atoms with Crippen LogP contribution in [0.4, 0.5) is 20.3 Å². The molecule has 0 bridgehead atoms. The number of fused-ring (bicyclic) bond motifs is 1. The predicted molar refractivity (Wildman–Crippen MR) is 174 cm³/mol. The molecule has 11 nitrogen and oxygen atoms in total. The Morgan fingerprint density at radius 3 is 2.57 bits per heavy atom. The number of aromatic nitrogens is 5. The van der Waals surface area contributed by atoms with Crippen LogP contribution in [0.2, 0.25) is 5.02 Å². The van der Waals surface area contributed by atoms with Gasteiger partial charge in [-0.1, -0.05) is 43.6 Å². The molecule has 0 spiro atoms. The molecular weight excluding hydrogens is 632 g/mol. The van der Waals surface area contributed by atoms with E-state index in [4.69, 9.17) is 36.5 Å². The summed E-state index contributed by atoms with van der Waals surface area (Å²) in [5.41, 5.74) is 7.21. The molecule has 3 aromatic heterocycles. The summed E-state index contributed by atoms with van der Waals surface area (Å²) < 4.78 is 48.0. The van der Waals surface area contributed by atoms with Crippen molar-refractivity contribution in [2.45, 2.75) is 39.8 Å². The summed E-state index contributed by atoms with van der Waals surface area (Å²) in [6.07, 6.45) is 4.93. The number of hydrogen-bond acceptors (Lipinski definition) is 10. The topological polar surface area (TPSA) is 139 Å². The summed E-state index contributed by atoms with van der Waals surface area (Å²) in [4.78, 5) is 25.3. The summed E-state index contributed by atoms with van der Waals surface area (Å²) in [5, 5.41) is 8.87. The second kappa shape index (κ2) is 15.1. The number of carbonyl (C=O) groups excluding carboxylic acids is 1. The second-order valence-corrected chi connectivity index (χ2v) is 11.3. The van der Waals surface area contributed by atoms with Crippen molar-refractivity contribution < 1.29 is 27.8 Å². The zero-order valence-electron chi connectivity index (χ0n) is 26.0. The Balaban J connectivity index is 1.43. The Morgan fingerprint density at radius 2 is 1.85 bits per heavy atom. The minimum absolute atomic E-state index is 0.0406. The van der Waals surface area contributed by atoms with Gasteiger partial charge in [0.25, 0.3) is 0 Å². The van der Waals surface area contributed by atoms with E-state index in [-0.39, 0.29) is 55.2 Å². The lowest BCUT2D eigenvalue weighted by Gasteiger charge is -2.15. The van der Waals surface area contributed by atoms with Gasteiger partial charge >= 0.3 is 5.97 Å². The third kappa shape index (κ3) is 7.92. The molecule has 246 valence electrons. The molecule has 47 heavy (non-hydrogen) atoms. The average molecular weight is 666 g/mol. The second-order valence-electron chi connectivity index (χ2n) is 10.8. The van der Waals surface area contributed by atoms with Crippen molar-refractivity contribution in [1.82, 2.24) is 24.7 Å². The molecule has 0 aliphatic carbocycles. The number of nitrogens with two attached hydrogens (primary N) is 1. The first-order valence-corrected chi connectivity index (χ1v) is 15.4. The number of carbonyl (C=O) groups is 1. The van der Waals surface area contributed by atoms with Gasteiger partial charge in [-0.05, 0) is 25.0 Å². The smallest absolute Gasteiger partial charge is 0.323 e. The first-order chi connectivity index (χ1) is 22.7. The van der Waals surface area contributed by atoms with Crippen LogP contribution in [0.15, 0.2) is 61.1 Å². The van der Waals surface area contributed by atoms with Crippen molar-refractivity contribution in [3.05, 3.63) is 83.3 Å². The molecule has 3 N–H and O–H groups in total. The molecule has 2 aromatic carbocycles. The molecule has 0 aliphatic heterocycles. The highest BCUT2D eigenvalue weighted by molar-refractivity contribution is 6.33. The predicted octanol–water partition coefficient (Wildman–Crippen LogP) is 6.31. The highest BCUT2D eigenvalue weighted by Gasteiger charge is 2.21. The van der Waals surface area contributed by atoms with Crippen molar-refractivity contribution in [1.29, 1.82) is 0 Å². The van der Waals surface area contributed by atoms with Crippen LogP contribution in [0, 0.1) is 17.6 Å². The molecule has 1 unspecified atom stereocenters. The van der Waals surface area contributed by atoms with Crippen LogP contribution in [-0.2, 0) is 16.1 Å². The molecule has 3 heterocycles. The fraction of sp³-hybridized carbons (Fsp3) is 0.303. The monoisotopic (exact) mass is 665 g/mol. The van der Waals surface area contributed by atoms with E-state index in [2.05, 4.69) is 20.4 Å². The number of pyridine rings is 1. The lowest BCUT2D eigenvalue weighted by Crippen LogP contribution is -2.37. The molecule has 0 amide bonds. The number of para-hydroxylation sites is 1. The van der Waals surface area contributed by atoms with E-state index in [1.54, 1.807) is 31.3 Å². The van der Waals surface area contributed by atoms with Gasteiger partial charge in [0.1, 0.15) is 29.1 Å². The fourth-order valence-electron chi connectivity index (χ4n) is 4.61. The third-order valence-electron chi connectivity index (χ3n) is 7.16. The zero-order chi connectivity index (χ0) is 33.5. The van der Waals surface area contributed by atoms with Crippen molar-refractivity contribution in [2.75, 3.05) is 25.1 Å². The number of benzene rings is 2. The Hall–Kier alpha value is -4.88. The van der Waals surface area contributed by atoms with Crippen LogP contribution in [0.3, 0.4) is 0 Å². The van der Waals surface area contributed by atoms with Gasteiger partial charge in [0.2, 0.25) is 0 Å².